The predicted octanol–water partition coefficient (Wildman–Crippen LogP) is -7.53. The Morgan fingerprint density at radius 2 is 0.986 bits per heavy atom. The summed E-state index contributed by atoms with van der Waals surface area (Å²) in [6.07, 6.45) is -4.06. The van der Waals surface area contributed by atoms with E-state index in [-0.39, 0.29) is 89.5 Å². The minimum absolute atomic E-state index is 0.0533. The van der Waals surface area contributed by atoms with Crippen molar-refractivity contribution < 1.29 is 58.2 Å². The summed E-state index contributed by atoms with van der Waals surface area (Å²) in [6.45, 7) is 8.57. The van der Waals surface area contributed by atoms with Crippen molar-refractivity contribution in [1.29, 1.82) is 0 Å². The lowest BCUT2D eigenvalue weighted by Gasteiger charge is -2.29. The highest BCUT2D eigenvalue weighted by molar-refractivity contribution is 5.98. The second kappa shape index (κ2) is 32.3. The first-order valence-electron chi connectivity index (χ1n) is 23.8. The van der Waals surface area contributed by atoms with E-state index in [2.05, 4.69) is 53.2 Å². The lowest BCUT2D eigenvalue weighted by Crippen LogP contribution is -2.61. The van der Waals surface area contributed by atoms with Crippen molar-refractivity contribution in [2.45, 2.75) is 159 Å². The number of hydrogen-bond acceptors (Lipinski definition) is 17. The van der Waals surface area contributed by atoms with Crippen LogP contribution in [0.2, 0.25) is 0 Å². The first kappa shape index (κ1) is 62.4. The van der Waals surface area contributed by atoms with Crippen LogP contribution in [0, 0.1) is 11.8 Å². The molecule has 0 radical (unpaired) electrons. The van der Waals surface area contributed by atoms with E-state index in [1.165, 1.54) is 13.8 Å². The topological polar surface area (TPSA) is 462 Å². The van der Waals surface area contributed by atoms with Gasteiger partial charge in [0.25, 0.3) is 0 Å². The van der Waals surface area contributed by atoms with Crippen LogP contribution >= 0.6 is 0 Å². The molecule has 400 valence electrons. The largest absolute Gasteiger partial charge is 0.391 e. The molecule has 0 aliphatic carbocycles. The Hall–Kier alpha value is -5.58. The SMILES string of the molecule is CC(C)C[C@@H]1NC(=O)[C@@H](CC(C)C)NC(=O)[C@H](CCN)NC(=O)[C@@H](NC(=O)[C@H](CCN)NC(=O)[C@@H](NC(=O)CCN)C(C)O)CCNC(=O)[C@H](C(C)O)NC(=O)[C@H](CCN)NC(=O)[C@H](CCN)NC1=O. The molecule has 0 saturated carbocycles. The van der Waals surface area contributed by atoms with Crippen molar-refractivity contribution in [1.82, 2.24) is 53.2 Å². The fourth-order valence-electron chi connectivity index (χ4n) is 7.20. The molecule has 1 aliphatic heterocycles. The van der Waals surface area contributed by atoms with Crippen LogP contribution in [-0.2, 0) is 47.9 Å². The summed E-state index contributed by atoms with van der Waals surface area (Å²) >= 11 is 0. The van der Waals surface area contributed by atoms with Crippen LogP contribution < -0.4 is 81.8 Å². The van der Waals surface area contributed by atoms with Gasteiger partial charge in [0.1, 0.15) is 54.4 Å². The van der Waals surface area contributed by atoms with Crippen LogP contribution in [0.1, 0.15) is 92.9 Å². The molecule has 1 saturated heterocycles. The van der Waals surface area contributed by atoms with E-state index in [0.717, 1.165) is 0 Å². The number of hydrogen-bond donors (Lipinski definition) is 17. The molecule has 0 aromatic rings. The molecule has 0 bridgehead atoms. The van der Waals surface area contributed by atoms with E-state index in [9.17, 15) is 58.2 Å². The average molecular weight is 1000 g/mol. The number of nitrogens with one attached hydrogen (secondary N) is 10. The normalized spacial score (nSPS) is 24.6. The Balaban J connectivity index is 3.90. The van der Waals surface area contributed by atoms with Gasteiger partial charge in [-0.05, 0) is 96.8 Å². The maximum atomic E-state index is 14.2. The Labute approximate surface area is 408 Å². The van der Waals surface area contributed by atoms with Crippen molar-refractivity contribution in [2.75, 3.05) is 39.3 Å². The number of aliphatic hydroxyl groups is 2. The van der Waals surface area contributed by atoms with E-state index in [4.69, 9.17) is 28.7 Å². The van der Waals surface area contributed by atoms with Gasteiger partial charge in [0.2, 0.25) is 59.1 Å². The smallest absolute Gasteiger partial charge is 0.245 e. The van der Waals surface area contributed by atoms with Gasteiger partial charge in [-0.25, -0.2) is 0 Å². The quantitative estimate of drug-likeness (QED) is 0.0508. The minimum atomic E-state index is -1.65. The second-order valence-corrected chi connectivity index (χ2v) is 18.1. The summed E-state index contributed by atoms with van der Waals surface area (Å²) in [5.74, 6) is -9.12. The van der Waals surface area contributed by atoms with Gasteiger partial charge in [-0.3, -0.25) is 47.9 Å². The van der Waals surface area contributed by atoms with Crippen LogP contribution in [0.15, 0.2) is 0 Å². The monoisotopic (exact) mass is 1000 g/mol. The second-order valence-electron chi connectivity index (χ2n) is 18.1. The Bertz CT molecular complexity index is 1750. The molecule has 0 aromatic heterocycles. The molecule has 27 nitrogen and oxygen atoms in total. The van der Waals surface area contributed by atoms with E-state index in [1.54, 1.807) is 27.7 Å². The van der Waals surface area contributed by atoms with Crippen LogP contribution in [0.3, 0.4) is 0 Å². The third kappa shape index (κ3) is 22.0. The minimum Gasteiger partial charge on any atom is -0.391 e. The lowest BCUT2D eigenvalue weighted by atomic mass is 9.99. The first-order valence-corrected chi connectivity index (χ1v) is 23.8. The maximum absolute atomic E-state index is 14.2. The van der Waals surface area contributed by atoms with Crippen molar-refractivity contribution in [2.24, 2.45) is 40.5 Å². The Morgan fingerprint density at radius 1 is 0.557 bits per heavy atom. The van der Waals surface area contributed by atoms with Crippen molar-refractivity contribution in [3.05, 3.63) is 0 Å². The number of nitrogens with two attached hydrogens (primary N) is 5. The van der Waals surface area contributed by atoms with Crippen LogP contribution in [-0.4, -0.2) is 175 Å². The fourth-order valence-corrected chi connectivity index (χ4v) is 7.20. The molecule has 2 unspecified atom stereocenters. The van der Waals surface area contributed by atoms with Crippen molar-refractivity contribution >= 4 is 59.1 Å². The van der Waals surface area contributed by atoms with Crippen LogP contribution in [0.25, 0.3) is 0 Å². The van der Waals surface area contributed by atoms with Crippen molar-refractivity contribution in [3.8, 4) is 0 Å². The van der Waals surface area contributed by atoms with Gasteiger partial charge in [0, 0.05) is 19.5 Å². The van der Waals surface area contributed by atoms with E-state index in [0.29, 0.717) is 0 Å². The molecule has 70 heavy (non-hydrogen) atoms. The van der Waals surface area contributed by atoms with E-state index in [1.807, 2.05) is 0 Å². The predicted molar refractivity (Wildman–Crippen MR) is 256 cm³/mol. The highest BCUT2D eigenvalue weighted by Crippen LogP contribution is 2.12. The molecule has 1 rings (SSSR count). The summed E-state index contributed by atoms with van der Waals surface area (Å²) in [4.78, 5) is 137. The molecular formula is C43H81N15O12. The number of aliphatic hydroxyl groups excluding tert-OH is 2. The third-order valence-electron chi connectivity index (χ3n) is 10.9. The van der Waals surface area contributed by atoms with Crippen LogP contribution in [0.5, 0.6) is 0 Å². The zero-order valence-corrected chi connectivity index (χ0v) is 41.3. The summed E-state index contributed by atoms with van der Waals surface area (Å²) in [6, 6.07) is -12.9. The number of amides is 10. The Kier molecular flexibility index (Phi) is 28.8. The molecule has 0 spiro atoms. The standard InChI is InChI=1S/C43H81N15O12/c1-21(2)19-30-40(67)52-25(7-13-44)35(62)51-28(10-16-47)39(66)58-33(23(5)59)42(69)49-18-12-29(38(65)50-26(8-14-45)37(64)55-31(20-22(3)4)41(68)56-30)53-36(63)27(9-15-46)54-43(70)34(24(6)60)57-32(61)11-17-48/h21-31,33-34,59-60H,7-20,44-48H2,1-6H3,(H,49,69)(H,50,65)(H,51,62)(H,52,67)(H,53,63)(H,54,70)(H,55,64)(H,56,68)(H,57,61)(H,58,66)/t23?,24?,25-,26-,27-,28-,29-,30-,31+,33-,34-/m0/s1. The maximum Gasteiger partial charge on any atom is 0.245 e. The average Bonchev–Trinajstić information content (AvgIpc) is 3.27. The van der Waals surface area contributed by atoms with Crippen molar-refractivity contribution in [3.63, 3.8) is 0 Å². The summed E-state index contributed by atoms with van der Waals surface area (Å²) in [5.41, 5.74) is 28.7. The van der Waals surface area contributed by atoms with Gasteiger partial charge in [-0.2, -0.15) is 0 Å². The molecule has 27 heteroatoms. The molecule has 11 atom stereocenters. The summed E-state index contributed by atoms with van der Waals surface area (Å²) in [5, 5.41) is 46.1. The zero-order chi connectivity index (χ0) is 53.2. The number of carbonyl (C=O) groups excluding carboxylic acids is 10. The third-order valence-corrected chi connectivity index (χ3v) is 10.9. The molecule has 0 aromatic carbocycles. The van der Waals surface area contributed by atoms with Gasteiger partial charge >= 0.3 is 0 Å². The van der Waals surface area contributed by atoms with Gasteiger partial charge in [-0.15, -0.1) is 0 Å². The van der Waals surface area contributed by atoms with Gasteiger partial charge < -0.3 is 92.0 Å². The van der Waals surface area contributed by atoms with E-state index < -0.39 is 139 Å². The van der Waals surface area contributed by atoms with Gasteiger partial charge in [0.15, 0.2) is 0 Å². The molecule has 1 fully saturated rings. The summed E-state index contributed by atoms with van der Waals surface area (Å²) in [7, 11) is 0. The molecule has 1 aliphatic rings. The van der Waals surface area contributed by atoms with Crippen LogP contribution in [0.4, 0.5) is 0 Å². The van der Waals surface area contributed by atoms with Gasteiger partial charge in [0.05, 0.1) is 12.2 Å². The summed E-state index contributed by atoms with van der Waals surface area (Å²) < 4.78 is 0. The van der Waals surface area contributed by atoms with Gasteiger partial charge in [-0.1, -0.05) is 27.7 Å². The number of rotatable bonds is 21. The zero-order valence-electron chi connectivity index (χ0n) is 41.3. The molecular weight excluding hydrogens is 919 g/mol. The highest BCUT2D eigenvalue weighted by atomic mass is 16.3. The number of carbonyl (C=O) groups is 10. The molecule has 1 heterocycles. The fraction of sp³-hybridized carbons (Fsp3) is 0.767. The van der Waals surface area contributed by atoms with E-state index >= 15 is 0 Å². The molecule has 10 amide bonds. The lowest BCUT2D eigenvalue weighted by molar-refractivity contribution is -0.136. The first-order chi connectivity index (χ1) is 32.9. The molecule has 22 N–H and O–H groups in total. The Morgan fingerprint density at radius 3 is 1.39 bits per heavy atom. The highest BCUT2D eigenvalue weighted by Gasteiger charge is 2.37.